The van der Waals surface area contributed by atoms with Gasteiger partial charge in [0, 0.05) is 11.8 Å². The third-order valence-corrected chi connectivity index (χ3v) is 5.26. The van der Waals surface area contributed by atoms with Crippen molar-refractivity contribution in [3.63, 3.8) is 0 Å². The summed E-state index contributed by atoms with van der Waals surface area (Å²) in [5.74, 6) is -0.687. The number of urea groups is 1. The molecule has 0 saturated heterocycles. The molecular weight excluding hydrogens is 424 g/mol. The number of alkyl halides is 2. The Morgan fingerprint density at radius 2 is 2.00 bits per heavy atom. The second-order valence-corrected chi connectivity index (χ2v) is 7.51. The van der Waals surface area contributed by atoms with Gasteiger partial charge in [0.15, 0.2) is 6.61 Å². The van der Waals surface area contributed by atoms with Gasteiger partial charge in [0.05, 0.1) is 29.5 Å². The number of amides is 2. The third-order valence-electron chi connectivity index (χ3n) is 5.26. The SMILES string of the molecule is N=C(OCC(F)F)c1c(N)cc(NC(=O)NC(c2ccccc2)C2(O)CCC2)nc1CO. The van der Waals surface area contributed by atoms with Crippen LogP contribution in [0.2, 0.25) is 0 Å². The minimum absolute atomic E-state index is 0.0260. The van der Waals surface area contributed by atoms with Crippen molar-refractivity contribution in [3.8, 4) is 0 Å². The number of nitrogen functional groups attached to an aromatic ring is 1. The Hall–Kier alpha value is -3.31. The average Bonchev–Trinajstić information content (AvgIpc) is 2.74. The molecule has 1 saturated carbocycles. The standard InChI is InChI=1S/C21H25F2N5O4/c22-15(23)11-32-19(25)17-13(24)9-16(26-14(17)10-29)27-20(30)28-18(21(31)7-4-8-21)12-5-2-1-3-6-12/h1-3,5-6,9,15,18,25,29,31H,4,7-8,10-11H2,(H4,24,26,27,28,30). The zero-order chi connectivity index (χ0) is 23.3. The molecule has 3 rings (SSSR count). The highest BCUT2D eigenvalue weighted by Crippen LogP contribution is 2.42. The van der Waals surface area contributed by atoms with Gasteiger partial charge in [-0.15, -0.1) is 0 Å². The van der Waals surface area contributed by atoms with Crippen molar-refractivity contribution >= 4 is 23.4 Å². The van der Waals surface area contributed by atoms with Crippen molar-refractivity contribution < 1.29 is 28.5 Å². The molecule has 11 heteroatoms. The topological polar surface area (TPSA) is 154 Å². The fourth-order valence-corrected chi connectivity index (χ4v) is 3.56. The fourth-order valence-electron chi connectivity index (χ4n) is 3.56. The van der Waals surface area contributed by atoms with E-state index < -0.39 is 43.2 Å². The van der Waals surface area contributed by atoms with Crippen molar-refractivity contribution in [2.24, 2.45) is 0 Å². The summed E-state index contributed by atoms with van der Waals surface area (Å²) in [5, 5.41) is 33.5. The highest BCUT2D eigenvalue weighted by Gasteiger charge is 2.43. The lowest BCUT2D eigenvalue weighted by Crippen LogP contribution is -2.51. The van der Waals surface area contributed by atoms with Crippen molar-refractivity contribution in [2.45, 2.75) is 43.9 Å². The molecule has 9 nitrogen and oxygen atoms in total. The molecule has 1 unspecified atom stereocenters. The molecule has 0 bridgehead atoms. The van der Waals surface area contributed by atoms with Gasteiger partial charge in [-0.1, -0.05) is 30.3 Å². The number of ether oxygens (including phenoxy) is 1. The minimum Gasteiger partial charge on any atom is -0.471 e. The van der Waals surface area contributed by atoms with E-state index in [1.165, 1.54) is 6.07 Å². The van der Waals surface area contributed by atoms with Crippen LogP contribution in [0, 0.1) is 5.41 Å². The molecule has 1 aromatic carbocycles. The fraction of sp³-hybridized carbons (Fsp3) is 0.381. The van der Waals surface area contributed by atoms with Crippen LogP contribution in [0.5, 0.6) is 0 Å². The number of aliphatic hydroxyl groups excluding tert-OH is 1. The monoisotopic (exact) mass is 449 g/mol. The molecule has 7 N–H and O–H groups in total. The van der Waals surface area contributed by atoms with Crippen LogP contribution in [-0.4, -0.2) is 45.8 Å². The molecule has 0 radical (unpaired) electrons. The molecule has 1 aliphatic rings. The van der Waals surface area contributed by atoms with Crippen molar-refractivity contribution in [1.82, 2.24) is 10.3 Å². The van der Waals surface area contributed by atoms with Gasteiger partial charge >= 0.3 is 6.03 Å². The largest absolute Gasteiger partial charge is 0.471 e. The van der Waals surface area contributed by atoms with Gasteiger partial charge in [0.25, 0.3) is 6.43 Å². The number of nitrogens with one attached hydrogen (secondary N) is 3. The van der Waals surface area contributed by atoms with E-state index >= 15 is 0 Å². The Bertz CT molecular complexity index is 970. The Balaban J connectivity index is 1.76. The van der Waals surface area contributed by atoms with Crippen molar-refractivity contribution in [3.05, 3.63) is 53.2 Å². The predicted octanol–water partition coefficient (Wildman–Crippen LogP) is 2.54. The van der Waals surface area contributed by atoms with Crippen LogP contribution < -0.4 is 16.4 Å². The van der Waals surface area contributed by atoms with E-state index in [1.807, 2.05) is 18.2 Å². The van der Waals surface area contributed by atoms with Crippen LogP contribution in [0.15, 0.2) is 36.4 Å². The smallest absolute Gasteiger partial charge is 0.320 e. The van der Waals surface area contributed by atoms with Gasteiger partial charge in [-0.3, -0.25) is 10.7 Å². The van der Waals surface area contributed by atoms with Crippen LogP contribution in [0.25, 0.3) is 0 Å². The van der Waals surface area contributed by atoms with Crippen LogP contribution in [0.3, 0.4) is 0 Å². The second-order valence-electron chi connectivity index (χ2n) is 7.51. The summed E-state index contributed by atoms with van der Waals surface area (Å²) in [7, 11) is 0. The van der Waals surface area contributed by atoms with Gasteiger partial charge in [-0.2, -0.15) is 0 Å². The van der Waals surface area contributed by atoms with E-state index in [4.69, 9.17) is 11.1 Å². The molecule has 32 heavy (non-hydrogen) atoms. The number of aromatic nitrogens is 1. The normalized spacial score (nSPS) is 15.5. The number of hydrogen-bond acceptors (Lipinski definition) is 7. The molecule has 1 fully saturated rings. The quantitative estimate of drug-likeness (QED) is 0.269. The van der Waals surface area contributed by atoms with E-state index in [0.717, 1.165) is 12.0 Å². The average molecular weight is 449 g/mol. The number of anilines is 2. The summed E-state index contributed by atoms with van der Waals surface area (Å²) in [6, 6.07) is 8.98. The number of carbonyl (C=O) groups excluding carboxylic acids is 1. The molecule has 0 spiro atoms. The molecule has 1 aliphatic carbocycles. The molecule has 172 valence electrons. The van der Waals surface area contributed by atoms with Crippen LogP contribution in [0.4, 0.5) is 25.1 Å². The number of aliphatic hydroxyl groups is 2. The summed E-state index contributed by atoms with van der Waals surface area (Å²) in [6.45, 7) is -1.67. The number of hydrogen-bond donors (Lipinski definition) is 6. The number of rotatable bonds is 8. The zero-order valence-electron chi connectivity index (χ0n) is 17.1. The third kappa shape index (κ3) is 5.29. The Labute approximate surface area is 183 Å². The Morgan fingerprint density at radius 1 is 1.31 bits per heavy atom. The number of halogens is 2. The van der Waals surface area contributed by atoms with E-state index in [-0.39, 0.29) is 22.8 Å². The molecule has 0 aliphatic heterocycles. The molecule has 1 aromatic heterocycles. The molecule has 1 heterocycles. The summed E-state index contributed by atoms with van der Waals surface area (Å²) in [6.07, 6.45) is -0.846. The lowest BCUT2D eigenvalue weighted by molar-refractivity contribution is -0.0627. The lowest BCUT2D eigenvalue weighted by Gasteiger charge is -2.43. The van der Waals surface area contributed by atoms with Gasteiger partial charge in [-0.25, -0.2) is 18.6 Å². The maximum atomic E-state index is 12.7. The number of benzene rings is 1. The van der Waals surface area contributed by atoms with Gasteiger partial charge < -0.3 is 26.0 Å². The first-order valence-electron chi connectivity index (χ1n) is 9.98. The Kier molecular flexibility index (Phi) is 7.21. The van der Waals surface area contributed by atoms with E-state index in [1.54, 1.807) is 12.1 Å². The summed E-state index contributed by atoms with van der Waals surface area (Å²) < 4.78 is 29.4. The summed E-state index contributed by atoms with van der Waals surface area (Å²) >= 11 is 0. The number of nitrogens with zero attached hydrogens (tertiary/aromatic N) is 1. The zero-order valence-corrected chi connectivity index (χ0v) is 17.1. The van der Waals surface area contributed by atoms with Crippen LogP contribution in [-0.2, 0) is 11.3 Å². The van der Waals surface area contributed by atoms with Crippen molar-refractivity contribution in [2.75, 3.05) is 17.7 Å². The summed E-state index contributed by atoms with van der Waals surface area (Å²) in [5.41, 5.74) is 5.24. The molecule has 2 amide bonds. The first kappa shape index (κ1) is 23.4. The molecule has 1 atom stereocenters. The predicted molar refractivity (Wildman–Crippen MR) is 113 cm³/mol. The maximum absolute atomic E-state index is 12.7. The maximum Gasteiger partial charge on any atom is 0.320 e. The first-order chi connectivity index (χ1) is 15.2. The van der Waals surface area contributed by atoms with Crippen LogP contribution >= 0.6 is 0 Å². The van der Waals surface area contributed by atoms with Gasteiger partial charge in [-0.05, 0) is 24.8 Å². The molecule has 2 aromatic rings. The number of nitrogens with two attached hydrogens (primary N) is 1. The van der Waals surface area contributed by atoms with E-state index in [9.17, 15) is 23.8 Å². The van der Waals surface area contributed by atoms with Crippen LogP contribution in [0.1, 0.15) is 42.1 Å². The molecular formula is C21H25F2N5O4. The van der Waals surface area contributed by atoms with Gasteiger partial charge in [0.2, 0.25) is 5.90 Å². The minimum atomic E-state index is -2.78. The van der Waals surface area contributed by atoms with Crippen molar-refractivity contribution in [1.29, 1.82) is 5.41 Å². The second kappa shape index (κ2) is 9.88. The number of carbonyl (C=O) groups is 1. The van der Waals surface area contributed by atoms with E-state index in [0.29, 0.717) is 12.8 Å². The van der Waals surface area contributed by atoms with E-state index in [2.05, 4.69) is 20.4 Å². The highest BCUT2D eigenvalue weighted by atomic mass is 19.3. The lowest BCUT2D eigenvalue weighted by atomic mass is 9.72. The number of pyridine rings is 1. The Morgan fingerprint density at radius 3 is 2.56 bits per heavy atom. The summed E-state index contributed by atoms with van der Waals surface area (Å²) in [4.78, 5) is 16.7. The first-order valence-corrected chi connectivity index (χ1v) is 9.98. The van der Waals surface area contributed by atoms with Gasteiger partial charge in [0.1, 0.15) is 5.82 Å². The highest BCUT2D eigenvalue weighted by molar-refractivity contribution is 5.99.